The van der Waals surface area contributed by atoms with Crippen molar-refractivity contribution in [2.45, 2.75) is 83.7 Å². The zero-order valence-corrected chi connectivity index (χ0v) is 31.1. The molecule has 10 heteroatoms. The Bertz CT molecular complexity index is 1170. The van der Waals surface area contributed by atoms with Crippen LogP contribution in [-0.4, -0.2) is 78.4 Å². The summed E-state index contributed by atoms with van der Waals surface area (Å²) in [5, 5.41) is 0. The predicted octanol–water partition coefficient (Wildman–Crippen LogP) is 8.13. The maximum atomic E-state index is 10.6. The summed E-state index contributed by atoms with van der Waals surface area (Å²) in [7, 11) is 3.33. The van der Waals surface area contributed by atoms with E-state index in [4.69, 9.17) is 18.9 Å². The number of hydrogen-bond donors (Lipinski definition) is 0. The number of aldehydes is 2. The largest absolute Gasteiger partial charge is 0.497 e. The first-order chi connectivity index (χ1) is 24.8. The molecule has 10 nitrogen and oxygen atoms in total. The van der Waals surface area contributed by atoms with E-state index < -0.39 is 5.97 Å². The van der Waals surface area contributed by atoms with E-state index in [-0.39, 0.29) is 19.1 Å². The second-order valence-corrected chi connectivity index (χ2v) is 11.6. The Morgan fingerprint density at radius 2 is 1.49 bits per heavy atom. The molecule has 51 heavy (non-hydrogen) atoms. The molecule has 0 saturated heterocycles. The normalized spacial score (nSPS) is 14.9. The quantitative estimate of drug-likeness (QED) is 0.0412. The number of carbonyl (C=O) groups is 4. The Balaban J connectivity index is 0.000000760. The number of hydrogen-bond acceptors (Lipinski definition) is 10. The SMILES string of the molecule is C=CC.C=CC(=O)OCCC=O.CCCC1CCC(c2ccc(OC)cc2)CC1.COC(COCCCCOC=O)COc1ccc(C=O)cc1. The van der Waals surface area contributed by atoms with Gasteiger partial charge in [-0.25, -0.2) is 4.79 Å². The van der Waals surface area contributed by atoms with Gasteiger partial charge < -0.3 is 33.2 Å². The summed E-state index contributed by atoms with van der Waals surface area (Å²) in [6, 6.07) is 15.5. The van der Waals surface area contributed by atoms with Crippen molar-refractivity contribution >= 4 is 25.0 Å². The topological polar surface area (TPSA) is 124 Å². The highest BCUT2D eigenvalue weighted by molar-refractivity contribution is 5.81. The molecule has 0 radical (unpaired) electrons. The summed E-state index contributed by atoms with van der Waals surface area (Å²) in [5.41, 5.74) is 2.11. The van der Waals surface area contributed by atoms with Gasteiger partial charge in [-0.3, -0.25) is 9.59 Å². The van der Waals surface area contributed by atoms with E-state index >= 15 is 0 Å². The summed E-state index contributed by atoms with van der Waals surface area (Å²) in [5.74, 6) is 2.94. The molecule has 0 amide bonds. The highest BCUT2D eigenvalue weighted by atomic mass is 16.6. The van der Waals surface area contributed by atoms with E-state index in [0.29, 0.717) is 50.5 Å². The van der Waals surface area contributed by atoms with E-state index in [9.17, 15) is 19.2 Å². The number of benzene rings is 2. The monoisotopic (exact) mass is 712 g/mol. The average Bonchev–Trinajstić information content (AvgIpc) is 3.17. The van der Waals surface area contributed by atoms with Crippen LogP contribution in [-0.2, 0) is 33.3 Å². The number of ether oxygens (including phenoxy) is 6. The second-order valence-electron chi connectivity index (χ2n) is 11.6. The Labute approximate surface area is 305 Å². The van der Waals surface area contributed by atoms with Crippen molar-refractivity contribution in [1.82, 2.24) is 0 Å². The van der Waals surface area contributed by atoms with Gasteiger partial charge in [-0.15, -0.1) is 6.58 Å². The first-order valence-corrected chi connectivity index (χ1v) is 17.6. The Morgan fingerprint density at radius 3 is 2.02 bits per heavy atom. The van der Waals surface area contributed by atoms with Gasteiger partial charge in [-0.05, 0) is 99.2 Å². The maximum absolute atomic E-state index is 10.6. The summed E-state index contributed by atoms with van der Waals surface area (Å²) in [4.78, 5) is 40.4. The molecular formula is C41H60O10. The lowest BCUT2D eigenvalue weighted by Crippen LogP contribution is -2.26. The molecule has 0 aliphatic heterocycles. The number of esters is 1. The third-order valence-corrected chi connectivity index (χ3v) is 7.74. The number of unbranched alkanes of at least 4 members (excludes halogenated alkanes) is 1. The van der Waals surface area contributed by atoms with Gasteiger partial charge in [0.1, 0.15) is 36.8 Å². The molecule has 1 saturated carbocycles. The van der Waals surface area contributed by atoms with E-state index in [1.807, 2.05) is 6.92 Å². The molecule has 1 aliphatic carbocycles. The molecule has 1 atom stereocenters. The van der Waals surface area contributed by atoms with Crippen molar-refractivity contribution in [1.29, 1.82) is 0 Å². The Morgan fingerprint density at radius 1 is 0.863 bits per heavy atom. The van der Waals surface area contributed by atoms with Crippen LogP contribution in [0.2, 0.25) is 0 Å². The van der Waals surface area contributed by atoms with Gasteiger partial charge in [0, 0.05) is 31.8 Å². The highest BCUT2D eigenvalue weighted by Gasteiger charge is 2.21. The van der Waals surface area contributed by atoms with E-state index in [1.165, 1.54) is 44.1 Å². The molecule has 1 fully saturated rings. The Kier molecular flexibility index (Phi) is 30.1. The number of allylic oxidation sites excluding steroid dienone is 1. The van der Waals surface area contributed by atoms with Crippen molar-refractivity contribution in [3.05, 3.63) is 85.0 Å². The van der Waals surface area contributed by atoms with E-state index in [1.54, 1.807) is 44.6 Å². The van der Waals surface area contributed by atoms with Crippen molar-refractivity contribution in [2.24, 2.45) is 5.92 Å². The molecule has 3 rings (SSSR count). The molecule has 2 aromatic carbocycles. The van der Waals surface area contributed by atoms with Crippen LogP contribution in [0.4, 0.5) is 0 Å². The van der Waals surface area contributed by atoms with Gasteiger partial charge >= 0.3 is 5.97 Å². The third-order valence-electron chi connectivity index (χ3n) is 7.74. The smallest absolute Gasteiger partial charge is 0.330 e. The summed E-state index contributed by atoms with van der Waals surface area (Å²) >= 11 is 0. The molecule has 2 aromatic rings. The van der Waals surface area contributed by atoms with E-state index in [0.717, 1.165) is 42.8 Å². The van der Waals surface area contributed by atoms with Crippen LogP contribution in [0.3, 0.4) is 0 Å². The van der Waals surface area contributed by atoms with Crippen LogP contribution in [0.15, 0.2) is 73.8 Å². The fraction of sp³-hybridized carbons (Fsp3) is 0.512. The van der Waals surface area contributed by atoms with Crippen LogP contribution in [0.25, 0.3) is 0 Å². The number of carbonyl (C=O) groups excluding carboxylic acids is 4. The van der Waals surface area contributed by atoms with Crippen LogP contribution in [0.1, 0.15) is 93.5 Å². The predicted molar refractivity (Wildman–Crippen MR) is 200 cm³/mol. The fourth-order valence-electron chi connectivity index (χ4n) is 5.00. The van der Waals surface area contributed by atoms with Gasteiger partial charge in [-0.2, -0.15) is 0 Å². The van der Waals surface area contributed by atoms with Crippen molar-refractivity contribution in [3.8, 4) is 11.5 Å². The lowest BCUT2D eigenvalue weighted by atomic mass is 9.77. The van der Waals surface area contributed by atoms with Crippen molar-refractivity contribution in [2.75, 3.05) is 47.3 Å². The van der Waals surface area contributed by atoms with Gasteiger partial charge in [0.15, 0.2) is 0 Å². The molecule has 0 bridgehead atoms. The molecule has 0 aromatic heterocycles. The lowest BCUT2D eigenvalue weighted by molar-refractivity contribution is -0.138. The minimum absolute atomic E-state index is 0.147. The molecule has 0 N–H and O–H groups in total. The van der Waals surface area contributed by atoms with Crippen LogP contribution in [0.5, 0.6) is 11.5 Å². The summed E-state index contributed by atoms with van der Waals surface area (Å²) in [6.45, 7) is 13.1. The summed E-state index contributed by atoms with van der Waals surface area (Å²) in [6.07, 6.45) is 14.3. The van der Waals surface area contributed by atoms with Crippen LogP contribution in [0, 0.1) is 5.92 Å². The molecule has 0 heterocycles. The Hall–Kier alpha value is -4.28. The molecule has 284 valence electrons. The fourth-order valence-corrected chi connectivity index (χ4v) is 5.00. The number of rotatable bonds is 21. The molecule has 1 aliphatic rings. The van der Waals surface area contributed by atoms with Gasteiger partial charge in [0.05, 0.1) is 26.9 Å². The molecule has 1 unspecified atom stereocenters. The first-order valence-electron chi connectivity index (χ1n) is 17.6. The maximum Gasteiger partial charge on any atom is 0.330 e. The van der Waals surface area contributed by atoms with Gasteiger partial charge in [-0.1, -0.05) is 44.6 Å². The second kappa shape index (κ2) is 32.9. The van der Waals surface area contributed by atoms with Crippen LogP contribution >= 0.6 is 0 Å². The zero-order valence-electron chi connectivity index (χ0n) is 31.1. The lowest BCUT2D eigenvalue weighted by Gasteiger charge is -2.28. The van der Waals surface area contributed by atoms with Crippen LogP contribution < -0.4 is 9.47 Å². The standard InChI is InChI=1S/C16H22O6.C16H24O.C6H8O3.C3H6/c1-19-16(11-20-8-2-3-9-21-13-18)12-22-15-6-4-14(10-17)5-7-15;1-3-4-13-5-7-14(8-6-13)15-9-11-16(17-2)12-10-15;1-2-6(8)9-5-3-4-7;1-3-2/h4-7,10,13,16H,2-3,8-9,11-12H2,1H3;9-14H,3-8H2,1-2H3;2,4H,1,3,5H2;3H,1H2,2H3. The first kappa shape index (κ1) is 46.7. The third kappa shape index (κ3) is 24.5. The van der Waals surface area contributed by atoms with Gasteiger partial charge in [0.2, 0.25) is 0 Å². The zero-order chi connectivity index (χ0) is 38.0. The average molecular weight is 713 g/mol. The summed E-state index contributed by atoms with van der Waals surface area (Å²) < 4.78 is 30.6. The molecular weight excluding hydrogens is 652 g/mol. The number of methoxy groups -OCH3 is 2. The van der Waals surface area contributed by atoms with E-state index in [2.05, 4.69) is 53.8 Å². The minimum atomic E-state index is -0.489. The van der Waals surface area contributed by atoms with Crippen molar-refractivity contribution in [3.63, 3.8) is 0 Å². The van der Waals surface area contributed by atoms with Gasteiger partial charge in [0.25, 0.3) is 6.47 Å². The highest BCUT2D eigenvalue weighted by Crippen LogP contribution is 2.37. The molecule has 0 spiro atoms. The minimum Gasteiger partial charge on any atom is -0.497 e. The van der Waals surface area contributed by atoms with Crippen molar-refractivity contribution < 1.29 is 47.6 Å².